The first-order valence-electron chi connectivity index (χ1n) is 9.21. The van der Waals surface area contributed by atoms with Crippen LogP contribution < -0.4 is 0 Å². The molecule has 0 atom stereocenters. The lowest BCUT2D eigenvalue weighted by Gasteiger charge is -2.04. The van der Waals surface area contributed by atoms with Gasteiger partial charge in [-0.15, -0.1) is 11.3 Å². The minimum atomic E-state index is -0.260. The molecule has 3 aromatic carbocycles. The van der Waals surface area contributed by atoms with Crippen LogP contribution in [0, 0.1) is 5.82 Å². The minimum absolute atomic E-state index is 0.260. The number of hydrogen-bond donors (Lipinski definition) is 0. The minimum Gasteiger partial charge on any atom is -0.218 e. The van der Waals surface area contributed by atoms with Gasteiger partial charge in [0.25, 0.3) is 0 Å². The number of benzene rings is 3. The maximum absolute atomic E-state index is 13.5. The van der Waals surface area contributed by atoms with Gasteiger partial charge >= 0.3 is 0 Å². The van der Waals surface area contributed by atoms with Crippen molar-refractivity contribution in [1.82, 2.24) is 14.8 Å². The average Bonchev–Trinajstić information content (AvgIpc) is 3.43. The van der Waals surface area contributed by atoms with Crippen molar-refractivity contribution in [3.63, 3.8) is 0 Å². The second-order valence-electron chi connectivity index (χ2n) is 6.58. The van der Waals surface area contributed by atoms with Crippen LogP contribution in [0.2, 0.25) is 0 Å². The first-order chi connectivity index (χ1) is 14.3. The predicted octanol–water partition coefficient (Wildman–Crippen LogP) is 6.47. The van der Waals surface area contributed by atoms with Gasteiger partial charge in [-0.3, -0.25) is 0 Å². The quantitative estimate of drug-likeness (QED) is 0.348. The first kappa shape index (κ1) is 17.5. The van der Waals surface area contributed by atoms with Gasteiger partial charge in [0.1, 0.15) is 5.82 Å². The molecule has 5 heteroatoms. The average molecular weight is 397 g/mol. The fourth-order valence-electron chi connectivity index (χ4n) is 3.21. The third-order valence-electron chi connectivity index (χ3n) is 4.66. The second kappa shape index (κ2) is 7.45. The largest absolute Gasteiger partial charge is 0.218 e. The van der Waals surface area contributed by atoms with Crippen LogP contribution in [0.5, 0.6) is 0 Å². The lowest BCUT2D eigenvalue weighted by atomic mass is 10.1. The van der Waals surface area contributed by atoms with E-state index in [1.165, 1.54) is 23.5 Å². The fraction of sp³-hybridized carbons (Fsp3) is 0. The van der Waals surface area contributed by atoms with Crippen LogP contribution in [0.25, 0.3) is 38.9 Å². The molecular weight excluding hydrogens is 381 g/mol. The number of thiazole rings is 1. The lowest BCUT2D eigenvalue weighted by molar-refractivity contribution is 0.628. The van der Waals surface area contributed by atoms with E-state index in [1.54, 1.807) is 12.1 Å². The molecule has 0 N–H and O–H groups in total. The van der Waals surface area contributed by atoms with Crippen LogP contribution in [0.1, 0.15) is 0 Å². The molecule has 2 heterocycles. The molecule has 3 nitrogen and oxygen atoms in total. The molecule has 29 heavy (non-hydrogen) atoms. The van der Waals surface area contributed by atoms with Crippen LogP contribution in [-0.2, 0) is 0 Å². The molecule has 0 radical (unpaired) electrons. The van der Waals surface area contributed by atoms with E-state index in [1.807, 2.05) is 76.8 Å². The maximum Gasteiger partial charge on any atom is 0.211 e. The fourth-order valence-corrected chi connectivity index (χ4v) is 4.00. The van der Waals surface area contributed by atoms with Crippen LogP contribution in [0.15, 0.2) is 96.4 Å². The van der Waals surface area contributed by atoms with E-state index >= 15 is 0 Å². The Morgan fingerprint density at radius 3 is 1.97 bits per heavy atom. The molecule has 0 unspecified atom stereocenters. The number of hydrogen-bond acceptors (Lipinski definition) is 3. The summed E-state index contributed by atoms with van der Waals surface area (Å²) in [7, 11) is 0. The summed E-state index contributed by atoms with van der Waals surface area (Å²) in [4.78, 5) is 4.81. The zero-order valence-electron chi connectivity index (χ0n) is 15.4. The van der Waals surface area contributed by atoms with E-state index in [-0.39, 0.29) is 5.82 Å². The molecule has 0 aliphatic heterocycles. The van der Waals surface area contributed by atoms with E-state index in [2.05, 4.69) is 0 Å². The summed E-state index contributed by atoms with van der Waals surface area (Å²) in [6.45, 7) is 0. The number of aromatic nitrogens is 3. The van der Waals surface area contributed by atoms with E-state index in [0.717, 1.165) is 38.9 Å². The van der Waals surface area contributed by atoms with E-state index in [9.17, 15) is 4.39 Å². The van der Waals surface area contributed by atoms with Gasteiger partial charge in [0.2, 0.25) is 5.13 Å². The van der Waals surface area contributed by atoms with Crippen LogP contribution in [0.4, 0.5) is 4.39 Å². The van der Waals surface area contributed by atoms with Gasteiger partial charge in [-0.25, -0.2) is 14.1 Å². The van der Waals surface area contributed by atoms with Crippen molar-refractivity contribution in [3.8, 4) is 38.9 Å². The van der Waals surface area contributed by atoms with Crippen molar-refractivity contribution in [2.75, 3.05) is 0 Å². The highest BCUT2D eigenvalue weighted by molar-refractivity contribution is 7.12. The lowest BCUT2D eigenvalue weighted by Crippen LogP contribution is -1.99. The molecule has 0 fully saturated rings. The van der Waals surface area contributed by atoms with E-state index < -0.39 is 0 Å². The Labute approximate surface area is 171 Å². The molecule has 0 saturated carbocycles. The number of rotatable bonds is 4. The smallest absolute Gasteiger partial charge is 0.211 e. The summed E-state index contributed by atoms with van der Waals surface area (Å²) in [6, 6.07) is 28.6. The summed E-state index contributed by atoms with van der Waals surface area (Å²) in [6.07, 6.45) is 0. The molecular formula is C24H16FN3S. The summed E-state index contributed by atoms with van der Waals surface area (Å²) in [5.74, 6) is -0.260. The van der Waals surface area contributed by atoms with E-state index in [4.69, 9.17) is 10.1 Å². The third-order valence-corrected chi connectivity index (χ3v) is 5.48. The van der Waals surface area contributed by atoms with Crippen molar-refractivity contribution in [2.45, 2.75) is 0 Å². The molecule has 0 bridgehead atoms. The molecule has 0 aliphatic carbocycles. The van der Waals surface area contributed by atoms with Crippen molar-refractivity contribution in [1.29, 1.82) is 0 Å². The molecule has 2 aromatic heterocycles. The van der Waals surface area contributed by atoms with Gasteiger partial charge in [-0.1, -0.05) is 60.7 Å². The van der Waals surface area contributed by atoms with Crippen molar-refractivity contribution in [2.24, 2.45) is 0 Å². The summed E-state index contributed by atoms with van der Waals surface area (Å²) in [5.41, 5.74) is 5.60. The molecule has 0 saturated heterocycles. The number of nitrogens with zero attached hydrogens (tertiary/aromatic N) is 3. The first-order valence-corrected chi connectivity index (χ1v) is 10.1. The summed E-state index contributed by atoms with van der Waals surface area (Å²) in [5, 5.41) is 7.63. The zero-order chi connectivity index (χ0) is 19.6. The molecule has 0 amide bonds. The molecule has 5 aromatic rings. The monoisotopic (exact) mass is 397 g/mol. The van der Waals surface area contributed by atoms with Gasteiger partial charge in [0.15, 0.2) is 0 Å². The maximum atomic E-state index is 13.5. The Kier molecular flexibility index (Phi) is 4.50. The highest BCUT2D eigenvalue weighted by atomic mass is 32.1. The van der Waals surface area contributed by atoms with E-state index in [0.29, 0.717) is 0 Å². The van der Waals surface area contributed by atoms with Gasteiger partial charge in [-0.05, 0) is 30.3 Å². The van der Waals surface area contributed by atoms with Crippen molar-refractivity contribution in [3.05, 3.63) is 102 Å². The third kappa shape index (κ3) is 3.48. The Hall–Kier alpha value is -3.57. The Morgan fingerprint density at radius 2 is 1.31 bits per heavy atom. The SMILES string of the molecule is Fc1ccc(-c2cc(-c3ccccc3)nn2-c2nc(-c3ccccc3)cs2)cc1. The standard InChI is InChI=1S/C24H16FN3S/c25-20-13-11-19(12-14-20)23-15-21(17-7-3-1-4-8-17)27-28(23)24-26-22(16-29-24)18-9-5-2-6-10-18/h1-16H. The van der Waals surface area contributed by atoms with Crippen LogP contribution >= 0.6 is 11.3 Å². The summed E-state index contributed by atoms with van der Waals surface area (Å²) >= 11 is 1.53. The van der Waals surface area contributed by atoms with Gasteiger partial charge in [0, 0.05) is 22.1 Å². The second-order valence-corrected chi connectivity index (χ2v) is 7.42. The molecule has 0 spiro atoms. The predicted molar refractivity (Wildman–Crippen MR) is 116 cm³/mol. The van der Waals surface area contributed by atoms with Crippen molar-refractivity contribution < 1.29 is 4.39 Å². The Balaban J connectivity index is 1.64. The topological polar surface area (TPSA) is 30.7 Å². The molecule has 140 valence electrons. The van der Waals surface area contributed by atoms with Crippen molar-refractivity contribution >= 4 is 11.3 Å². The van der Waals surface area contributed by atoms with Crippen LogP contribution in [-0.4, -0.2) is 14.8 Å². The number of halogens is 1. The normalized spacial score (nSPS) is 10.9. The molecule has 0 aliphatic rings. The highest BCUT2D eigenvalue weighted by Gasteiger charge is 2.16. The van der Waals surface area contributed by atoms with Crippen LogP contribution in [0.3, 0.4) is 0 Å². The Morgan fingerprint density at radius 1 is 0.690 bits per heavy atom. The Bertz CT molecular complexity index is 1240. The summed E-state index contributed by atoms with van der Waals surface area (Å²) < 4.78 is 15.3. The zero-order valence-corrected chi connectivity index (χ0v) is 16.2. The van der Waals surface area contributed by atoms with Gasteiger partial charge in [-0.2, -0.15) is 5.10 Å². The highest BCUT2D eigenvalue weighted by Crippen LogP contribution is 2.31. The van der Waals surface area contributed by atoms with Gasteiger partial charge in [0.05, 0.1) is 17.1 Å². The molecule has 5 rings (SSSR count). The van der Waals surface area contributed by atoms with Gasteiger partial charge < -0.3 is 0 Å².